The van der Waals surface area contributed by atoms with Crippen molar-refractivity contribution in [3.05, 3.63) is 78.5 Å². The molecule has 79 heavy (non-hydrogen) atoms. The highest BCUT2D eigenvalue weighted by molar-refractivity contribution is 7.53. The van der Waals surface area contributed by atoms with Crippen LogP contribution in [0.15, 0.2) is 56.0 Å². The summed E-state index contributed by atoms with van der Waals surface area (Å²) < 4.78 is 89.4. The summed E-state index contributed by atoms with van der Waals surface area (Å²) in [5.74, 6) is -5.28. The molecule has 9 N–H and O–H groups in total. The monoisotopic (exact) mass is 1170 g/mol. The van der Waals surface area contributed by atoms with Gasteiger partial charge >= 0.3 is 27.0 Å². The summed E-state index contributed by atoms with van der Waals surface area (Å²) in [5.41, 5.74) is -3.35. The van der Waals surface area contributed by atoms with Crippen LogP contribution in [0.3, 0.4) is 0 Å². The summed E-state index contributed by atoms with van der Waals surface area (Å²) in [4.78, 5) is 127. The van der Waals surface area contributed by atoms with Crippen molar-refractivity contribution in [3.63, 3.8) is 0 Å². The molecule has 3 aliphatic rings. The van der Waals surface area contributed by atoms with Gasteiger partial charge in [0.15, 0.2) is 24.5 Å². The fourth-order valence-corrected chi connectivity index (χ4v) is 9.74. The minimum atomic E-state index is -5.07. The fraction of sp³-hybridized carbons (Fsp3) is 0.659. The molecule has 35 heteroatoms. The van der Waals surface area contributed by atoms with Crippen LogP contribution < -0.4 is 43.8 Å². The zero-order valence-electron chi connectivity index (χ0n) is 43.6. The molecular weight excluding hydrogens is 1100 g/mol. The number of carbonyl (C=O) groups is 5. The number of amides is 5. The van der Waals surface area contributed by atoms with E-state index in [0.717, 1.165) is 57.8 Å². The van der Waals surface area contributed by atoms with E-state index in [1.807, 2.05) is 0 Å². The van der Waals surface area contributed by atoms with Crippen LogP contribution in [-0.2, 0) is 80.0 Å². The van der Waals surface area contributed by atoms with E-state index >= 15 is 0 Å². The van der Waals surface area contributed by atoms with Gasteiger partial charge in [-0.1, -0.05) is 0 Å². The number of aliphatic hydroxyl groups is 2. The molecular formula is C44H66N9O24P2+. The second-order valence-electron chi connectivity index (χ2n) is 17.5. The molecule has 0 aromatic carbocycles. The van der Waals surface area contributed by atoms with E-state index in [9.17, 15) is 67.4 Å². The molecule has 5 heterocycles. The number of aromatic nitrogens is 4. The first-order valence-electron chi connectivity index (χ1n) is 24.5. The molecule has 0 radical (unpaired) electrons. The van der Waals surface area contributed by atoms with Gasteiger partial charge in [-0.25, -0.2) is 9.59 Å². The standard InChI is InChI=1S/C44H65N9O24P2/c1-23(78(65)71-20-26-34(62)37(68-16-10-29(57)46-4)41(76-26)52-14-8-32(60)49-43(52)63)73-36-27(77-40(38(36)69-17-11-30(58)47-5)51(22-55)13-7-28(56)45-3)21-72-79(66,67)24(2)74-35-25(19-54)75-42(39(35)70-18-12-31(59)48-6)53-15-9-33(61)50-44(53)64/h7-9,13-15,22-27,34-42,54,62H,10-12,16-21H2,1-6H3,(H6-,45,46,47,48,49,50,56,57,58,59,60,61,63,64,66,67)/p+1/b13-7-. The molecule has 5 amide bonds. The summed E-state index contributed by atoms with van der Waals surface area (Å²) in [7, 11) is -2.58. The zero-order valence-corrected chi connectivity index (χ0v) is 45.4. The molecule has 16 atom stereocenters. The molecule has 0 aliphatic carbocycles. The molecule has 2 aromatic heterocycles. The first-order chi connectivity index (χ1) is 37.6. The summed E-state index contributed by atoms with van der Waals surface area (Å²) in [6, 6.07) is 2.03. The average molecular weight is 1170 g/mol. The number of hydrogen-bond donors (Lipinski definition) is 9. The van der Waals surface area contributed by atoms with E-state index in [0.29, 0.717) is 0 Å². The number of aliphatic hydroxyl groups excluding tert-OH is 2. The van der Waals surface area contributed by atoms with E-state index in [4.69, 9.17) is 46.9 Å². The van der Waals surface area contributed by atoms with Crippen LogP contribution in [0.1, 0.15) is 45.6 Å². The maximum Gasteiger partial charge on any atom is 0.540 e. The predicted molar refractivity (Wildman–Crippen MR) is 267 cm³/mol. The third-order valence-electron chi connectivity index (χ3n) is 12.4. The highest BCUT2D eigenvalue weighted by Crippen LogP contribution is 2.51. The van der Waals surface area contributed by atoms with Crippen molar-refractivity contribution in [3.8, 4) is 0 Å². The largest absolute Gasteiger partial charge is 0.540 e. The summed E-state index contributed by atoms with van der Waals surface area (Å²) in [6.45, 7) is -0.816. The summed E-state index contributed by atoms with van der Waals surface area (Å²) in [5, 5.41) is 31.4. The first kappa shape index (κ1) is 64.1. The number of ether oxygens (including phenoxy) is 8. The Morgan fingerprint density at radius 1 is 0.747 bits per heavy atom. The quantitative estimate of drug-likeness (QED) is 0.0196. The molecule has 440 valence electrons. The molecule has 0 saturated carbocycles. The Kier molecular flexibility index (Phi) is 24.5. The molecule has 0 bridgehead atoms. The second-order valence-corrected chi connectivity index (χ2v) is 21.2. The van der Waals surface area contributed by atoms with Crippen LogP contribution >= 0.6 is 15.6 Å². The topological polar surface area (TPSA) is 434 Å². The van der Waals surface area contributed by atoms with Crippen molar-refractivity contribution in [2.24, 2.45) is 0 Å². The molecule has 3 fully saturated rings. The smallest absolute Gasteiger partial charge is 0.394 e. The van der Waals surface area contributed by atoms with Crippen LogP contribution in [0, 0.1) is 0 Å². The molecule has 0 spiro atoms. The van der Waals surface area contributed by atoms with Gasteiger partial charge in [-0.2, -0.15) is 0 Å². The maximum atomic E-state index is 14.2. The van der Waals surface area contributed by atoms with E-state index in [-0.39, 0.29) is 45.5 Å². The van der Waals surface area contributed by atoms with Crippen LogP contribution in [0.5, 0.6) is 0 Å². The Balaban J connectivity index is 1.40. The van der Waals surface area contributed by atoms with Crippen LogP contribution in [0.25, 0.3) is 0 Å². The minimum Gasteiger partial charge on any atom is -0.394 e. The van der Waals surface area contributed by atoms with E-state index in [2.05, 4.69) is 31.2 Å². The average Bonchev–Trinajstić information content (AvgIpc) is 4.27. The van der Waals surface area contributed by atoms with Crippen molar-refractivity contribution in [2.75, 3.05) is 67.8 Å². The zero-order chi connectivity index (χ0) is 58.1. The molecule has 16 unspecified atom stereocenters. The van der Waals surface area contributed by atoms with Crippen molar-refractivity contribution in [1.29, 1.82) is 0 Å². The lowest BCUT2D eigenvalue weighted by molar-refractivity contribution is -0.138. The Labute approximate surface area is 449 Å². The second kappa shape index (κ2) is 30.2. The van der Waals surface area contributed by atoms with Gasteiger partial charge < -0.3 is 78.8 Å². The number of carbonyl (C=O) groups excluding carboxylic acids is 5. The number of nitrogens with one attached hydrogen (secondary N) is 6. The number of rotatable bonds is 31. The van der Waals surface area contributed by atoms with Crippen molar-refractivity contribution >= 4 is 45.7 Å². The van der Waals surface area contributed by atoms with Gasteiger partial charge in [0, 0.05) is 91.2 Å². The molecule has 33 nitrogen and oxygen atoms in total. The maximum absolute atomic E-state index is 14.2. The van der Waals surface area contributed by atoms with Gasteiger partial charge in [0.25, 0.3) is 17.0 Å². The van der Waals surface area contributed by atoms with Gasteiger partial charge in [0.2, 0.25) is 30.0 Å². The Bertz CT molecular complexity index is 2740. The number of likely N-dealkylation sites (N-methyl/N-ethyl adjacent to an activating group) is 1. The molecule has 3 aliphatic heterocycles. The molecule has 2 aromatic rings. The third kappa shape index (κ3) is 17.1. The lowest BCUT2D eigenvalue weighted by atomic mass is 10.1. The van der Waals surface area contributed by atoms with Crippen LogP contribution in [0.2, 0.25) is 0 Å². The number of H-pyrrole nitrogens is 2. The summed E-state index contributed by atoms with van der Waals surface area (Å²) >= 11 is 0. The minimum absolute atomic E-state index is 0.147. The van der Waals surface area contributed by atoms with Gasteiger partial charge in [-0.15, -0.1) is 4.52 Å². The number of aromatic amines is 2. The number of hydrogen-bond acceptors (Lipinski definition) is 23. The number of nitrogens with zero attached hydrogens (tertiary/aromatic N) is 3. The fourth-order valence-electron chi connectivity index (χ4n) is 8.13. The van der Waals surface area contributed by atoms with Gasteiger partial charge in [0.1, 0.15) is 61.5 Å². The van der Waals surface area contributed by atoms with Gasteiger partial charge in [0.05, 0.1) is 33.0 Å². The Morgan fingerprint density at radius 3 is 1.76 bits per heavy atom. The SMILES string of the molecule is CNC(=O)/C=C\N(C=O)C1OC(COP(=O)(O)C(C)OC2C(CO)OC(n3ccc(=O)[nH]c3=O)C2OCCC(=O)NC)C(OC(C)[P+](=O)OCC2OC(n3ccc(=O)[nH]c3=O)C(OCCC(=O)NC)C2O)C1OCCC(=O)NC. The van der Waals surface area contributed by atoms with Crippen molar-refractivity contribution in [1.82, 2.24) is 45.3 Å². The van der Waals surface area contributed by atoms with Crippen molar-refractivity contribution < 1.29 is 95.2 Å². The highest BCUT2D eigenvalue weighted by atomic mass is 31.2. The third-order valence-corrected chi connectivity index (χ3v) is 15.1. The Morgan fingerprint density at radius 2 is 1.25 bits per heavy atom. The first-order valence-corrected chi connectivity index (χ1v) is 27.4. The van der Waals surface area contributed by atoms with E-state index in [1.165, 1.54) is 35.1 Å². The van der Waals surface area contributed by atoms with Gasteiger partial charge in [-0.05, 0) is 11.5 Å². The lowest BCUT2D eigenvalue weighted by Gasteiger charge is -2.29. The van der Waals surface area contributed by atoms with E-state index in [1.54, 1.807) is 0 Å². The molecule has 5 rings (SSSR count). The summed E-state index contributed by atoms with van der Waals surface area (Å²) in [6.07, 6.45) is -13.6. The predicted octanol–water partition coefficient (Wildman–Crippen LogP) is -4.33. The van der Waals surface area contributed by atoms with Crippen molar-refractivity contribution in [2.45, 2.75) is 118 Å². The van der Waals surface area contributed by atoms with Crippen LogP contribution in [0.4, 0.5) is 0 Å². The highest BCUT2D eigenvalue weighted by Gasteiger charge is 2.54. The van der Waals surface area contributed by atoms with Crippen LogP contribution in [-0.4, -0.2) is 210 Å². The lowest BCUT2D eigenvalue weighted by Crippen LogP contribution is -2.45. The Hall–Kier alpha value is -5.74. The normalized spacial score (nSPS) is 27.4. The van der Waals surface area contributed by atoms with E-state index < -0.39 is 167 Å². The van der Waals surface area contributed by atoms with Gasteiger partial charge in [-0.3, -0.25) is 62.1 Å². The molecule has 3 saturated heterocycles.